The number of allylic oxidation sites excluding steroid dienone is 1. The van der Waals surface area contributed by atoms with Crippen molar-refractivity contribution >= 4 is 26.5 Å². The first kappa shape index (κ1) is 20.8. The van der Waals surface area contributed by atoms with Gasteiger partial charge in [-0.15, -0.1) is 0 Å². The Hall–Kier alpha value is 0.756. The van der Waals surface area contributed by atoms with Gasteiger partial charge in [-0.2, -0.15) is 0 Å². The standard InChI is InChI=1S/C6H13Si.3C4H9.Sn/c1-5-6-7(2,3)4;3*1-3-4-2;/h5H,1-4H3;3*1,3-4H2,2H3;. The number of rotatable bonds is 11. The van der Waals surface area contributed by atoms with E-state index in [0.29, 0.717) is 0 Å². The third-order valence-corrected chi connectivity index (χ3v) is 31.9. The van der Waals surface area contributed by atoms with Gasteiger partial charge in [0.15, 0.2) is 0 Å². The second-order valence-corrected chi connectivity index (χ2v) is 27.1. The monoisotopic (exact) mass is 404 g/mol. The zero-order valence-electron chi connectivity index (χ0n) is 15.4. The second kappa shape index (κ2) is 10.5. The molecule has 0 N–H and O–H groups in total. The Morgan fingerprint density at radius 1 is 0.800 bits per heavy atom. The van der Waals surface area contributed by atoms with E-state index in [2.05, 4.69) is 56.6 Å². The molecular weight excluding hydrogens is 363 g/mol. The van der Waals surface area contributed by atoms with E-state index >= 15 is 0 Å². The van der Waals surface area contributed by atoms with Crippen LogP contribution in [0.4, 0.5) is 0 Å². The fraction of sp³-hybridized carbons (Fsp3) is 0.889. The molecule has 0 radical (unpaired) electrons. The molecule has 0 saturated heterocycles. The summed E-state index contributed by atoms with van der Waals surface area (Å²) < 4.78 is 6.97. The van der Waals surface area contributed by atoms with Gasteiger partial charge < -0.3 is 0 Å². The van der Waals surface area contributed by atoms with E-state index in [4.69, 9.17) is 0 Å². The molecular formula is C18H40SiSn. The van der Waals surface area contributed by atoms with E-state index in [-0.39, 0.29) is 0 Å². The predicted octanol–water partition coefficient (Wildman–Crippen LogP) is 7.20. The molecule has 0 unspecified atom stereocenters. The van der Waals surface area contributed by atoms with E-state index in [1.54, 1.807) is 13.3 Å². The fourth-order valence-corrected chi connectivity index (χ4v) is 37.5. The molecule has 0 saturated carbocycles. The van der Waals surface area contributed by atoms with Crippen LogP contribution < -0.4 is 0 Å². The molecule has 0 heterocycles. The van der Waals surface area contributed by atoms with Crippen molar-refractivity contribution in [3.63, 3.8) is 0 Å². The van der Waals surface area contributed by atoms with Gasteiger partial charge >= 0.3 is 135 Å². The van der Waals surface area contributed by atoms with Crippen molar-refractivity contribution in [2.45, 2.75) is 99.2 Å². The second-order valence-electron chi connectivity index (χ2n) is 7.54. The summed E-state index contributed by atoms with van der Waals surface area (Å²) in [5.74, 6) is 0. The zero-order chi connectivity index (χ0) is 15.6. The molecule has 0 aromatic carbocycles. The molecule has 0 aromatic heterocycles. The first-order chi connectivity index (χ1) is 9.37. The van der Waals surface area contributed by atoms with Crippen molar-refractivity contribution in [3.8, 4) is 0 Å². The molecule has 0 aliphatic carbocycles. The van der Waals surface area contributed by atoms with Crippen LogP contribution in [-0.4, -0.2) is 26.5 Å². The Bertz CT molecular complexity index is 254. The van der Waals surface area contributed by atoms with Crippen molar-refractivity contribution in [2.75, 3.05) is 0 Å². The average Bonchev–Trinajstić information content (AvgIpc) is 2.39. The van der Waals surface area contributed by atoms with Crippen LogP contribution in [-0.2, 0) is 0 Å². The van der Waals surface area contributed by atoms with Crippen LogP contribution in [0.15, 0.2) is 9.29 Å². The SMILES string of the molecule is C/C=[C](\[Si](C)(C)C)[Sn]([CH2]CCC)([CH2]CCC)[CH2]CCC. The molecule has 120 valence electrons. The van der Waals surface area contributed by atoms with E-state index in [1.807, 2.05) is 0 Å². The van der Waals surface area contributed by atoms with Crippen LogP contribution in [0.3, 0.4) is 0 Å². The molecule has 0 aromatic rings. The van der Waals surface area contributed by atoms with Crippen molar-refractivity contribution in [3.05, 3.63) is 9.29 Å². The number of hydrogen-bond donors (Lipinski definition) is 0. The van der Waals surface area contributed by atoms with Gasteiger partial charge in [0.25, 0.3) is 0 Å². The minimum atomic E-state index is -2.09. The summed E-state index contributed by atoms with van der Waals surface area (Å²) in [7, 11) is -1.12. The molecule has 0 nitrogen and oxygen atoms in total. The van der Waals surface area contributed by atoms with Crippen LogP contribution in [0.1, 0.15) is 66.2 Å². The summed E-state index contributed by atoms with van der Waals surface area (Å²) in [6.07, 6.45) is 11.2. The van der Waals surface area contributed by atoms with Gasteiger partial charge in [0, 0.05) is 0 Å². The maximum atomic E-state index is 2.60. The summed E-state index contributed by atoms with van der Waals surface area (Å²) in [6, 6.07) is 0. The Morgan fingerprint density at radius 3 is 1.35 bits per heavy atom. The summed E-state index contributed by atoms with van der Waals surface area (Å²) in [5.41, 5.74) is 0. The van der Waals surface area contributed by atoms with Crippen LogP contribution in [0, 0.1) is 0 Å². The van der Waals surface area contributed by atoms with Gasteiger partial charge in [0.2, 0.25) is 0 Å². The summed E-state index contributed by atoms with van der Waals surface area (Å²) in [5, 5.41) is 0. The molecule has 0 amide bonds. The summed E-state index contributed by atoms with van der Waals surface area (Å²) in [4.78, 5) is 0. The Labute approximate surface area is 134 Å². The van der Waals surface area contributed by atoms with Crippen LogP contribution in [0.25, 0.3) is 0 Å². The molecule has 0 bridgehead atoms. The third-order valence-electron chi connectivity index (χ3n) is 4.69. The maximum absolute atomic E-state index is 2.60. The zero-order valence-corrected chi connectivity index (χ0v) is 19.3. The topological polar surface area (TPSA) is 0 Å². The molecule has 20 heavy (non-hydrogen) atoms. The average molecular weight is 403 g/mol. The molecule has 0 spiro atoms. The number of hydrogen-bond acceptors (Lipinski definition) is 0. The van der Waals surface area contributed by atoms with E-state index in [9.17, 15) is 0 Å². The van der Waals surface area contributed by atoms with Crippen LogP contribution >= 0.6 is 0 Å². The minimum absolute atomic E-state index is 1.12. The summed E-state index contributed by atoms with van der Waals surface area (Å²) in [6.45, 7) is 17.3. The van der Waals surface area contributed by atoms with E-state index < -0.39 is 26.5 Å². The van der Waals surface area contributed by atoms with Gasteiger partial charge in [-0.1, -0.05) is 0 Å². The molecule has 0 fully saturated rings. The third kappa shape index (κ3) is 6.68. The summed E-state index contributed by atoms with van der Waals surface area (Å²) >= 11 is -2.09. The molecule has 0 rings (SSSR count). The van der Waals surface area contributed by atoms with Gasteiger partial charge in [0.1, 0.15) is 0 Å². The van der Waals surface area contributed by atoms with E-state index in [0.717, 1.165) is 0 Å². The molecule has 0 atom stereocenters. The Morgan fingerprint density at radius 2 is 1.15 bits per heavy atom. The van der Waals surface area contributed by atoms with Gasteiger partial charge in [0.05, 0.1) is 0 Å². The quantitative estimate of drug-likeness (QED) is 0.320. The first-order valence-corrected chi connectivity index (χ1v) is 20.0. The van der Waals surface area contributed by atoms with Gasteiger partial charge in [-0.05, 0) is 0 Å². The van der Waals surface area contributed by atoms with E-state index in [1.165, 1.54) is 38.5 Å². The predicted molar refractivity (Wildman–Crippen MR) is 102 cm³/mol. The van der Waals surface area contributed by atoms with Gasteiger partial charge in [-0.3, -0.25) is 0 Å². The molecule has 2 heteroatoms. The Balaban J connectivity index is 5.41. The fourth-order valence-electron chi connectivity index (χ4n) is 3.86. The van der Waals surface area contributed by atoms with Crippen molar-refractivity contribution < 1.29 is 0 Å². The Kier molecular flexibility index (Phi) is 10.9. The van der Waals surface area contributed by atoms with Crippen molar-refractivity contribution in [2.24, 2.45) is 0 Å². The molecule has 0 aliphatic heterocycles. The van der Waals surface area contributed by atoms with Gasteiger partial charge in [-0.25, -0.2) is 0 Å². The molecule has 0 aliphatic rings. The normalized spacial score (nSPS) is 13.8. The van der Waals surface area contributed by atoms with Crippen molar-refractivity contribution in [1.82, 2.24) is 0 Å². The van der Waals surface area contributed by atoms with Crippen LogP contribution in [0.2, 0.25) is 33.0 Å². The number of unbranched alkanes of at least 4 members (excludes halogenated alkanes) is 3. The van der Waals surface area contributed by atoms with Crippen LogP contribution in [0.5, 0.6) is 0 Å². The first-order valence-electron chi connectivity index (χ1n) is 9.05. The van der Waals surface area contributed by atoms with Crippen molar-refractivity contribution in [1.29, 1.82) is 0 Å².